The number of carbonyl (C=O) groups excluding carboxylic acids is 1. The highest BCUT2D eigenvalue weighted by Gasteiger charge is 2.33. The van der Waals surface area contributed by atoms with Crippen molar-refractivity contribution in [3.8, 4) is 11.5 Å². The van der Waals surface area contributed by atoms with Gasteiger partial charge in [0.15, 0.2) is 11.5 Å². The molecule has 1 rings (SSSR count). The van der Waals surface area contributed by atoms with Gasteiger partial charge >= 0.3 is 5.97 Å². The van der Waals surface area contributed by atoms with E-state index in [2.05, 4.69) is 5.32 Å². The summed E-state index contributed by atoms with van der Waals surface area (Å²) in [6, 6.07) is 3.32. The molecule has 2 N–H and O–H groups in total. The summed E-state index contributed by atoms with van der Waals surface area (Å²) in [6.45, 7) is 7.29. The van der Waals surface area contributed by atoms with Crippen LogP contribution in [0.2, 0.25) is 0 Å². The average Bonchev–Trinajstić information content (AvgIpc) is 2.45. The van der Waals surface area contributed by atoms with Gasteiger partial charge in [0.25, 0.3) is 5.91 Å². The van der Waals surface area contributed by atoms with Gasteiger partial charge < -0.3 is 19.9 Å². The lowest BCUT2D eigenvalue weighted by Gasteiger charge is -2.33. The monoisotopic (exact) mass is 323 g/mol. The zero-order chi connectivity index (χ0) is 17.8. The molecule has 128 valence electrons. The second-order valence-corrected chi connectivity index (χ2v) is 6.12. The van der Waals surface area contributed by atoms with E-state index in [1.165, 1.54) is 14.2 Å². The van der Waals surface area contributed by atoms with Crippen LogP contribution < -0.4 is 14.8 Å². The van der Waals surface area contributed by atoms with Crippen LogP contribution in [0.3, 0.4) is 0 Å². The van der Waals surface area contributed by atoms with Crippen molar-refractivity contribution in [3.05, 3.63) is 23.3 Å². The van der Waals surface area contributed by atoms with Gasteiger partial charge in [-0.25, -0.2) is 0 Å². The van der Waals surface area contributed by atoms with Crippen molar-refractivity contribution in [1.29, 1.82) is 0 Å². The molecule has 0 aromatic heterocycles. The van der Waals surface area contributed by atoms with Crippen molar-refractivity contribution in [2.24, 2.45) is 5.92 Å². The van der Waals surface area contributed by atoms with E-state index in [-0.39, 0.29) is 18.2 Å². The van der Waals surface area contributed by atoms with Gasteiger partial charge in [-0.3, -0.25) is 9.59 Å². The lowest BCUT2D eigenvalue weighted by molar-refractivity contribution is -0.138. The number of carboxylic acids is 1. The molecule has 0 saturated heterocycles. The molecule has 1 aromatic carbocycles. The molecule has 1 unspecified atom stereocenters. The number of benzene rings is 1. The predicted octanol–water partition coefficient (Wildman–Crippen LogP) is 2.63. The van der Waals surface area contributed by atoms with Crippen LogP contribution in [-0.2, 0) is 4.79 Å². The minimum absolute atomic E-state index is 0.0389. The largest absolute Gasteiger partial charge is 0.493 e. The van der Waals surface area contributed by atoms with Gasteiger partial charge in [-0.1, -0.05) is 13.8 Å². The van der Waals surface area contributed by atoms with Crippen LogP contribution in [0.4, 0.5) is 0 Å². The summed E-state index contributed by atoms with van der Waals surface area (Å²) in [5.41, 5.74) is 0.309. The van der Waals surface area contributed by atoms with Gasteiger partial charge in [-0.15, -0.1) is 0 Å². The molecule has 1 aromatic rings. The van der Waals surface area contributed by atoms with Crippen molar-refractivity contribution in [1.82, 2.24) is 5.32 Å². The van der Waals surface area contributed by atoms with Crippen LogP contribution in [0.1, 0.15) is 43.1 Å². The third-order valence-corrected chi connectivity index (χ3v) is 4.17. The Morgan fingerprint density at radius 2 is 1.74 bits per heavy atom. The molecule has 0 aliphatic carbocycles. The maximum Gasteiger partial charge on any atom is 0.305 e. The first-order valence-electron chi connectivity index (χ1n) is 7.41. The Hall–Kier alpha value is -2.24. The molecule has 6 nitrogen and oxygen atoms in total. The van der Waals surface area contributed by atoms with Crippen LogP contribution >= 0.6 is 0 Å². The van der Waals surface area contributed by atoms with E-state index >= 15 is 0 Å². The number of amides is 1. The fraction of sp³-hybridized carbons (Fsp3) is 0.529. The molecule has 0 aliphatic rings. The first kappa shape index (κ1) is 18.8. The van der Waals surface area contributed by atoms with E-state index in [0.717, 1.165) is 5.56 Å². The average molecular weight is 323 g/mol. The third kappa shape index (κ3) is 4.37. The number of carbonyl (C=O) groups is 2. The Morgan fingerprint density at radius 3 is 2.17 bits per heavy atom. The highest BCUT2D eigenvalue weighted by molar-refractivity contribution is 5.97. The molecule has 0 bridgehead atoms. The second-order valence-electron chi connectivity index (χ2n) is 6.12. The maximum atomic E-state index is 12.6. The van der Waals surface area contributed by atoms with Gasteiger partial charge in [0.1, 0.15) is 0 Å². The highest BCUT2D eigenvalue weighted by Crippen LogP contribution is 2.31. The number of carboxylic acid groups (broad SMARTS) is 1. The molecule has 0 fully saturated rings. The molecule has 6 heteroatoms. The standard InChI is InChI=1S/C17H25NO5/c1-10(2)17(4,9-15(19)20)18-16(21)12-8-14(23-6)13(22-5)7-11(12)3/h7-8,10H,9H2,1-6H3,(H,18,21)(H,19,20). The van der Waals surface area contributed by atoms with Crippen LogP contribution in [0.15, 0.2) is 12.1 Å². The summed E-state index contributed by atoms with van der Waals surface area (Å²) >= 11 is 0. The molecule has 0 spiro atoms. The van der Waals surface area contributed by atoms with Crippen LogP contribution in [0.5, 0.6) is 11.5 Å². The van der Waals surface area contributed by atoms with Crippen LogP contribution in [-0.4, -0.2) is 36.7 Å². The molecule has 0 aliphatic heterocycles. The van der Waals surface area contributed by atoms with Gasteiger partial charge in [0.05, 0.1) is 26.2 Å². The van der Waals surface area contributed by atoms with Crippen molar-refractivity contribution in [2.75, 3.05) is 14.2 Å². The van der Waals surface area contributed by atoms with E-state index < -0.39 is 11.5 Å². The molecular weight excluding hydrogens is 298 g/mol. The predicted molar refractivity (Wildman–Crippen MR) is 87.2 cm³/mol. The number of nitrogens with one attached hydrogen (secondary N) is 1. The minimum atomic E-state index is -0.953. The summed E-state index contributed by atoms with van der Waals surface area (Å²) in [6.07, 6.45) is -0.150. The number of methoxy groups -OCH3 is 2. The zero-order valence-corrected chi connectivity index (χ0v) is 14.5. The van der Waals surface area contributed by atoms with Crippen LogP contribution in [0.25, 0.3) is 0 Å². The van der Waals surface area contributed by atoms with Crippen molar-refractivity contribution < 1.29 is 24.2 Å². The van der Waals surface area contributed by atoms with Gasteiger partial charge in [-0.05, 0) is 37.5 Å². The summed E-state index contributed by atoms with van der Waals surface area (Å²) in [5, 5.41) is 12.0. The Labute approximate surface area is 136 Å². The van der Waals surface area contributed by atoms with Crippen molar-refractivity contribution in [2.45, 2.75) is 39.7 Å². The molecule has 23 heavy (non-hydrogen) atoms. The number of hydrogen-bond acceptors (Lipinski definition) is 4. The fourth-order valence-electron chi connectivity index (χ4n) is 2.26. The summed E-state index contributed by atoms with van der Waals surface area (Å²) in [5.74, 6) is -0.333. The second kappa shape index (κ2) is 7.35. The number of ether oxygens (including phenoxy) is 2. The van der Waals surface area contributed by atoms with E-state index in [1.807, 2.05) is 13.8 Å². The van der Waals surface area contributed by atoms with E-state index in [4.69, 9.17) is 14.6 Å². The number of aliphatic carboxylic acids is 1. The van der Waals surface area contributed by atoms with Gasteiger partial charge in [0.2, 0.25) is 0 Å². The molecule has 0 saturated carbocycles. The maximum absolute atomic E-state index is 12.6. The Morgan fingerprint density at radius 1 is 1.22 bits per heavy atom. The van der Waals surface area contributed by atoms with E-state index in [9.17, 15) is 9.59 Å². The summed E-state index contributed by atoms with van der Waals surface area (Å²) < 4.78 is 10.4. The zero-order valence-electron chi connectivity index (χ0n) is 14.5. The molecule has 1 atom stereocenters. The first-order valence-corrected chi connectivity index (χ1v) is 7.41. The topological polar surface area (TPSA) is 84.9 Å². The number of hydrogen-bond donors (Lipinski definition) is 2. The molecular formula is C17H25NO5. The molecule has 1 amide bonds. The van der Waals surface area contributed by atoms with E-state index in [0.29, 0.717) is 17.1 Å². The SMILES string of the molecule is COc1cc(C)c(C(=O)NC(C)(CC(=O)O)C(C)C)cc1OC. The Bertz CT molecular complexity index is 597. The van der Waals surface area contributed by atoms with Crippen molar-refractivity contribution in [3.63, 3.8) is 0 Å². The summed E-state index contributed by atoms with van der Waals surface area (Å²) in [4.78, 5) is 23.7. The van der Waals surface area contributed by atoms with Gasteiger partial charge in [-0.2, -0.15) is 0 Å². The highest BCUT2D eigenvalue weighted by atomic mass is 16.5. The number of rotatable bonds is 7. The number of aryl methyl sites for hydroxylation is 1. The van der Waals surface area contributed by atoms with Crippen molar-refractivity contribution >= 4 is 11.9 Å². The Balaban J connectivity index is 3.16. The Kier molecular flexibility index (Phi) is 6.01. The quantitative estimate of drug-likeness (QED) is 0.806. The van der Waals surface area contributed by atoms with Gasteiger partial charge in [0, 0.05) is 5.56 Å². The smallest absolute Gasteiger partial charge is 0.305 e. The summed E-state index contributed by atoms with van der Waals surface area (Å²) in [7, 11) is 3.03. The molecule has 0 heterocycles. The fourth-order valence-corrected chi connectivity index (χ4v) is 2.26. The molecule has 0 radical (unpaired) electrons. The normalized spacial score (nSPS) is 13.3. The van der Waals surface area contributed by atoms with Crippen LogP contribution in [0, 0.1) is 12.8 Å². The lowest BCUT2D eigenvalue weighted by Crippen LogP contribution is -2.51. The van der Waals surface area contributed by atoms with E-state index in [1.54, 1.807) is 26.0 Å². The lowest BCUT2D eigenvalue weighted by atomic mass is 9.84. The first-order chi connectivity index (χ1) is 10.6. The third-order valence-electron chi connectivity index (χ3n) is 4.17. The minimum Gasteiger partial charge on any atom is -0.493 e.